The van der Waals surface area contributed by atoms with Crippen LogP contribution in [-0.2, 0) is 11.2 Å². The first-order valence-electron chi connectivity index (χ1n) is 8.26. The molecule has 3 rings (SSSR count). The van der Waals surface area contributed by atoms with Crippen molar-refractivity contribution in [3.8, 4) is 0 Å². The van der Waals surface area contributed by atoms with Gasteiger partial charge in [-0.2, -0.15) is 0 Å². The van der Waals surface area contributed by atoms with Crippen LogP contribution in [0, 0.1) is 11.8 Å². The fourth-order valence-electron chi connectivity index (χ4n) is 2.92. The van der Waals surface area contributed by atoms with E-state index in [2.05, 4.69) is 29.4 Å². The van der Waals surface area contributed by atoms with Crippen molar-refractivity contribution >= 4 is 17.0 Å². The van der Waals surface area contributed by atoms with Crippen LogP contribution in [0.3, 0.4) is 0 Å². The van der Waals surface area contributed by atoms with E-state index in [0.717, 1.165) is 42.8 Å². The number of nitrogens with zero attached hydrogens (tertiary/aromatic N) is 1. The van der Waals surface area contributed by atoms with E-state index in [-0.39, 0.29) is 11.8 Å². The number of amides is 1. The zero-order valence-electron chi connectivity index (χ0n) is 13.6. The second kappa shape index (κ2) is 6.11. The van der Waals surface area contributed by atoms with Crippen LogP contribution in [0.4, 0.5) is 0 Å². The minimum atomic E-state index is 0.0477. The third-order valence-corrected chi connectivity index (χ3v) is 4.34. The predicted molar refractivity (Wildman–Crippen MR) is 86.7 cm³/mol. The second-order valence-electron chi connectivity index (χ2n) is 6.56. The Morgan fingerprint density at radius 3 is 3.00 bits per heavy atom. The number of rotatable bonds is 6. The van der Waals surface area contributed by atoms with Gasteiger partial charge in [-0.1, -0.05) is 32.9 Å². The maximum absolute atomic E-state index is 11.7. The summed E-state index contributed by atoms with van der Waals surface area (Å²) in [5, 5.41) is 3.03. The standard InChI is InChI=1S/C18H24N2O2/c1-4-6-16-20-15-8-5-7-13(17(15)22-16)14-9-12(14)10-19-18(21)11(2)3/h5,7-8,11-12,14H,4,6,9-10H2,1-3H3,(H,19,21)/t12-,14+/m0/s1. The Morgan fingerprint density at radius 2 is 2.27 bits per heavy atom. The zero-order valence-corrected chi connectivity index (χ0v) is 13.6. The topological polar surface area (TPSA) is 55.1 Å². The molecule has 1 N–H and O–H groups in total. The minimum absolute atomic E-state index is 0.0477. The highest BCUT2D eigenvalue weighted by Crippen LogP contribution is 2.49. The molecule has 1 aliphatic rings. The molecule has 1 aromatic heterocycles. The molecule has 1 aromatic carbocycles. The van der Waals surface area contributed by atoms with Gasteiger partial charge in [-0.3, -0.25) is 4.79 Å². The average molecular weight is 300 g/mol. The molecule has 4 nitrogen and oxygen atoms in total. The molecular weight excluding hydrogens is 276 g/mol. The highest BCUT2D eigenvalue weighted by molar-refractivity contribution is 5.78. The molecular formula is C18H24N2O2. The Hall–Kier alpha value is -1.84. The SMILES string of the molecule is CCCc1nc2cccc([C@@H]3C[C@H]3CNC(=O)C(C)C)c2o1. The first-order valence-corrected chi connectivity index (χ1v) is 8.26. The van der Waals surface area contributed by atoms with Crippen LogP contribution >= 0.6 is 0 Å². The molecule has 4 heteroatoms. The van der Waals surface area contributed by atoms with Crippen LogP contribution < -0.4 is 5.32 Å². The van der Waals surface area contributed by atoms with Crippen molar-refractivity contribution in [3.63, 3.8) is 0 Å². The number of carbonyl (C=O) groups is 1. The van der Waals surface area contributed by atoms with Crippen molar-refractivity contribution in [3.05, 3.63) is 29.7 Å². The molecule has 2 aromatic rings. The van der Waals surface area contributed by atoms with Crippen LogP contribution in [0.1, 0.15) is 51.0 Å². The number of benzene rings is 1. The largest absolute Gasteiger partial charge is 0.440 e. The van der Waals surface area contributed by atoms with E-state index in [9.17, 15) is 4.79 Å². The van der Waals surface area contributed by atoms with Crippen LogP contribution in [0.15, 0.2) is 22.6 Å². The smallest absolute Gasteiger partial charge is 0.222 e. The number of hydrogen-bond acceptors (Lipinski definition) is 3. The lowest BCUT2D eigenvalue weighted by Crippen LogP contribution is -2.29. The quantitative estimate of drug-likeness (QED) is 0.886. The van der Waals surface area contributed by atoms with Gasteiger partial charge in [0.1, 0.15) is 5.52 Å². The molecule has 1 fully saturated rings. The minimum Gasteiger partial charge on any atom is -0.440 e. The molecule has 22 heavy (non-hydrogen) atoms. The first-order chi connectivity index (χ1) is 10.6. The Labute approximate surface area is 131 Å². The lowest BCUT2D eigenvalue weighted by Gasteiger charge is -2.07. The molecule has 2 atom stereocenters. The molecule has 1 heterocycles. The molecule has 1 amide bonds. The third kappa shape index (κ3) is 3.01. The van der Waals surface area contributed by atoms with Gasteiger partial charge in [-0.15, -0.1) is 0 Å². The number of oxazole rings is 1. The predicted octanol–water partition coefficient (Wildman–Crippen LogP) is 3.66. The molecule has 0 saturated heterocycles. The van der Waals surface area contributed by atoms with Crippen molar-refractivity contribution < 1.29 is 9.21 Å². The number of fused-ring (bicyclic) bond motifs is 1. The van der Waals surface area contributed by atoms with E-state index in [1.54, 1.807) is 0 Å². The highest BCUT2D eigenvalue weighted by atomic mass is 16.3. The van der Waals surface area contributed by atoms with Crippen molar-refractivity contribution in [2.24, 2.45) is 11.8 Å². The Kier molecular flexibility index (Phi) is 4.19. The first kappa shape index (κ1) is 15.1. The van der Waals surface area contributed by atoms with Gasteiger partial charge in [0.2, 0.25) is 5.91 Å². The van der Waals surface area contributed by atoms with Crippen LogP contribution in [0.25, 0.3) is 11.1 Å². The Balaban J connectivity index is 1.71. The highest BCUT2D eigenvalue weighted by Gasteiger charge is 2.40. The number of nitrogens with one attached hydrogen (secondary N) is 1. The summed E-state index contributed by atoms with van der Waals surface area (Å²) in [6.45, 7) is 6.73. The summed E-state index contributed by atoms with van der Waals surface area (Å²) in [7, 11) is 0. The molecule has 0 radical (unpaired) electrons. The zero-order chi connectivity index (χ0) is 15.7. The van der Waals surface area contributed by atoms with Gasteiger partial charge in [0.15, 0.2) is 11.5 Å². The summed E-state index contributed by atoms with van der Waals surface area (Å²) >= 11 is 0. The van der Waals surface area contributed by atoms with Gasteiger partial charge in [-0.25, -0.2) is 4.98 Å². The van der Waals surface area contributed by atoms with Gasteiger partial charge in [0.25, 0.3) is 0 Å². The maximum Gasteiger partial charge on any atom is 0.222 e. The maximum atomic E-state index is 11.7. The van der Waals surface area contributed by atoms with E-state index < -0.39 is 0 Å². The molecule has 0 unspecified atom stereocenters. The lowest BCUT2D eigenvalue weighted by molar-refractivity contribution is -0.124. The normalized spacial score (nSPS) is 20.5. The summed E-state index contributed by atoms with van der Waals surface area (Å²) in [4.78, 5) is 16.2. The van der Waals surface area contributed by atoms with Gasteiger partial charge in [0, 0.05) is 24.4 Å². The fourth-order valence-corrected chi connectivity index (χ4v) is 2.92. The number of aromatic nitrogens is 1. The van der Waals surface area contributed by atoms with Crippen LogP contribution in [-0.4, -0.2) is 17.4 Å². The summed E-state index contributed by atoms with van der Waals surface area (Å²) in [5.74, 6) is 2.02. The van der Waals surface area contributed by atoms with Crippen molar-refractivity contribution in [1.29, 1.82) is 0 Å². The Morgan fingerprint density at radius 1 is 1.45 bits per heavy atom. The number of hydrogen-bond donors (Lipinski definition) is 1. The molecule has 1 saturated carbocycles. The van der Waals surface area contributed by atoms with E-state index >= 15 is 0 Å². The average Bonchev–Trinajstić information content (AvgIpc) is 3.14. The van der Waals surface area contributed by atoms with Crippen molar-refractivity contribution in [1.82, 2.24) is 10.3 Å². The number of para-hydroxylation sites is 1. The molecule has 118 valence electrons. The van der Waals surface area contributed by atoms with Gasteiger partial charge < -0.3 is 9.73 Å². The van der Waals surface area contributed by atoms with E-state index in [4.69, 9.17) is 4.42 Å². The number of aryl methyl sites for hydroxylation is 1. The van der Waals surface area contributed by atoms with E-state index in [1.165, 1.54) is 5.56 Å². The lowest BCUT2D eigenvalue weighted by atomic mass is 10.1. The summed E-state index contributed by atoms with van der Waals surface area (Å²) in [5.41, 5.74) is 3.14. The summed E-state index contributed by atoms with van der Waals surface area (Å²) < 4.78 is 5.95. The summed E-state index contributed by atoms with van der Waals surface area (Å²) in [6, 6.07) is 6.20. The van der Waals surface area contributed by atoms with Crippen molar-refractivity contribution in [2.45, 2.75) is 46.0 Å². The van der Waals surface area contributed by atoms with E-state index in [0.29, 0.717) is 11.8 Å². The van der Waals surface area contributed by atoms with E-state index in [1.807, 2.05) is 19.9 Å². The summed E-state index contributed by atoms with van der Waals surface area (Å²) in [6.07, 6.45) is 3.03. The molecule has 0 spiro atoms. The van der Waals surface area contributed by atoms with Crippen LogP contribution in [0.2, 0.25) is 0 Å². The monoisotopic (exact) mass is 300 g/mol. The molecule has 1 aliphatic carbocycles. The van der Waals surface area contributed by atoms with Gasteiger partial charge in [-0.05, 0) is 30.7 Å². The Bertz CT molecular complexity index is 675. The second-order valence-corrected chi connectivity index (χ2v) is 6.56. The van der Waals surface area contributed by atoms with Gasteiger partial charge in [0.05, 0.1) is 0 Å². The van der Waals surface area contributed by atoms with Crippen molar-refractivity contribution in [2.75, 3.05) is 6.54 Å². The number of carbonyl (C=O) groups excluding carboxylic acids is 1. The fraction of sp³-hybridized carbons (Fsp3) is 0.556. The molecule has 0 bridgehead atoms. The van der Waals surface area contributed by atoms with Gasteiger partial charge >= 0.3 is 0 Å². The third-order valence-electron chi connectivity index (χ3n) is 4.34. The van der Waals surface area contributed by atoms with Crippen LogP contribution in [0.5, 0.6) is 0 Å². The molecule has 0 aliphatic heterocycles.